The van der Waals surface area contributed by atoms with Crippen LogP contribution in [0.2, 0.25) is 0 Å². The minimum atomic E-state index is -0.0259. The van der Waals surface area contributed by atoms with Crippen molar-refractivity contribution in [2.45, 2.75) is 13.0 Å². The predicted octanol–water partition coefficient (Wildman–Crippen LogP) is 0.195. The van der Waals surface area contributed by atoms with E-state index in [1.165, 1.54) is 0 Å². The summed E-state index contributed by atoms with van der Waals surface area (Å²) in [6, 6.07) is 1.83. The van der Waals surface area contributed by atoms with Crippen molar-refractivity contribution < 1.29 is 9.53 Å². The van der Waals surface area contributed by atoms with Crippen molar-refractivity contribution >= 4 is 11.7 Å². The number of nitrogens with zero attached hydrogens (tertiary/aromatic N) is 3. The van der Waals surface area contributed by atoms with Crippen LogP contribution in [0.15, 0.2) is 12.3 Å². The van der Waals surface area contributed by atoms with Gasteiger partial charge in [0.25, 0.3) is 0 Å². The Hall–Kier alpha value is -1.69. The summed E-state index contributed by atoms with van der Waals surface area (Å²) in [5.74, 6) is 1.44. The van der Waals surface area contributed by atoms with Gasteiger partial charge in [0.05, 0.1) is 19.1 Å². The standard InChI is InChI=1S/C12H18N4O2/c1-16(2)11-3-5-13-10(15-11)7-14-12(17)9-4-6-18-8-9/h3,5,9H,4,6-8H2,1-2H3,(H,14,17). The highest BCUT2D eigenvalue weighted by atomic mass is 16.5. The van der Waals surface area contributed by atoms with E-state index in [-0.39, 0.29) is 11.8 Å². The number of hydrogen-bond acceptors (Lipinski definition) is 5. The van der Waals surface area contributed by atoms with Crippen molar-refractivity contribution in [2.75, 3.05) is 32.2 Å². The summed E-state index contributed by atoms with van der Waals surface area (Å²) in [4.78, 5) is 22.2. The normalized spacial score (nSPS) is 18.7. The summed E-state index contributed by atoms with van der Waals surface area (Å²) in [5, 5.41) is 2.84. The lowest BCUT2D eigenvalue weighted by Gasteiger charge is -2.12. The molecule has 0 aliphatic carbocycles. The second-order valence-electron chi connectivity index (χ2n) is 4.50. The van der Waals surface area contributed by atoms with Crippen LogP contribution in [0.1, 0.15) is 12.2 Å². The number of nitrogens with one attached hydrogen (secondary N) is 1. The van der Waals surface area contributed by atoms with Gasteiger partial charge in [0, 0.05) is 26.9 Å². The molecule has 6 nitrogen and oxygen atoms in total. The molecule has 6 heteroatoms. The first kappa shape index (κ1) is 12.8. The van der Waals surface area contributed by atoms with Gasteiger partial charge in [-0.2, -0.15) is 0 Å². The largest absolute Gasteiger partial charge is 0.381 e. The molecule has 1 aromatic rings. The lowest BCUT2D eigenvalue weighted by molar-refractivity contribution is -0.125. The van der Waals surface area contributed by atoms with Gasteiger partial charge < -0.3 is 15.0 Å². The van der Waals surface area contributed by atoms with E-state index in [2.05, 4.69) is 15.3 Å². The van der Waals surface area contributed by atoms with Crippen molar-refractivity contribution in [3.63, 3.8) is 0 Å². The minimum Gasteiger partial charge on any atom is -0.381 e. The summed E-state index contributed by atoms with van der Waals surface area (Å²) in [6.07, 6.45) is 2.49. The van der Waals surface area contributed by atoms with E-state index in [9.17, 15) is 4.79 Å². The second-order valence-corrected chi connectivity index (χ2v) is 4.50. The molecule has 18 heavy (non-hydrogen) atoms. The molecule has 0 radical (unpaired) electrons. The van der Waals surface area contributed by atoms with E-state index < -0.39 is 0 Å². The van der Waals surface area contributed by atoms with Crippen molar-refractivity contribution in [3.05, 3.63) is 18.1 Å². The van der Waals surface area contributed by atoms with E-state index in [1.807, 2.05) is 25.1 Å². The summed E-state index contributed by atoms with van der Waals surface area (Å²) >= 11 is 0. The van der Waals surface area contributed by atoms with Crippen molar-refractivity contribution in [1.29, 1.82) is 0 Å². The molecule has 1 amide bonds. The Bertz CT molecular complexity index is 416. The van der Waals surface area contributed by atoms with Crippen LogP contribution in [-0.4, -0.2) is 43.2 Å². The zero-order valence-corrected chi connectivity index (χ0v) is 10.7. The average Bonchev–Trinajstić information content (AvgIpc) is 2.90. The third-order valence-corrected chi connectivity index (χ3v) is 2.87. The molecule has 1 aliphatic heterocycles. The van der Waals surface area contributed by atoms with Gasteiger partial charge in [0.2, 0.25) is 5.91 Å². The molecule has 1 N–H and O–H groups in total. The number of carbonyl (C=O) groups is 1. The fourth-order valence-corrected chi connectivity index (χ4v) is 1.77. The SMILES string of the molecule is CN(C)c1ccnc(CNC(=O)C2CCOC2)n1. The van der Waals surface area contributed by atoms with Crippen LogP contribution in [0.5, 0.6) is 0 Å². The van der Waals surface area contributed by atoms with E-state index >= 15 is 0 Å². The van der Waals surface area contributed by atoms with Crippen LogP contribution >= 0.6 is 0 Å². The maximum Gasteiger partial charge on any atom is 0.225 e. The van der Waals surface area contributed by atoms with Gasteiger partial charge in [-0.1, -0.05) is 0 Å². The number of anilines is 1. The Kier molecular flexibility index (Phi) is 4.09. The number of aromatic nitrogens is 2. The molecule has 2 heterocycles. The van der Waals surface area contributed by atoms with Gasteiger partial charge >= 0.3 is 0 Å². The molecule has 0 aromatic carbocycles. The zero-order chi connectivity index (χ0) is 13.0. The van der Waals surface area contributed by atoms with Crippen molar-refractivity contribution in [1.82, 2.24) is 15.3 Å². The van der Waals surface area contributed by atoms with Gasteiger partial charge in [-0.15, -0.1) is 0 Å². The number of carbonyl (C=O) groups excluding carboxylic acids is 1. The summed E-state index contributed by atoms with van der Waals surface area (Å²) in [6.45, 7) is 1.55. The van der Waals surface area contributed by atoms with Crippen LogP contribution in [0.25, 0.3) is 0 Å². The topological polar surface area (TPSA) is 67.4 Å². The molecule has 98 valence electrons. The molecule has 0 saturated carbocycles. The van der Waals surface area contributed by atoms with Crippen LogP contribution in [0.3, 0.4) is 0 Å². The van der Waals surface area contributed by atoms with Gasteiger partial charge in [0.1, 0.15) is 11.6 Å². The molecular formula is C12H18N4O2. The maximum absolute atomic E-state index is 11.8. The quantitative estimate of drug-likeness (QED) is 0.826. The van der Waals surface area contributed by atoms with E-state index in [1.54, 1.807) is 6.20 Å². The highest BCUT2D eigenvalue weighted by Gasteiger charge is 2.23. The first-order chi connectivity index (χ1) is 8.66. The molecule has 1 aromatic heterocycles. The highest BCUT2D eigenvalue weighted by molar-refractivity contribution is 5.78. The predicted molar refractivity (Wildman–Crippen MR) is 67.1 cm³/mol. The Morgan fingerprint density at radius 3 is 3.11 bits per heavy atom. The summed E-state index contributed by atoms with van der Waals surface area (Å²) < 4.78 is 5.18. The third kappa shape index (κ3) is 3.16. The minimum absolute atomic E-state index is 0.0198. The van der Waals surface area contributed by atoms with E-state index in [4.69, 9.17) is 4.74 Å². The zero-order valence-electron chi connectivity index (χ0n) is 10.7. The van der Waals surface area contributed by atoms with E-state index in [0.717, 1.165) is 12.2 Å². The Morgan fingerprint density at radius 1 is 1.61 bits per heavy atom. The first-order valence-corrected chi connectivity index (χ1v) is 6.01. The number of ether oxygens (including phenoxy) is 1. The molecule has 0 spiro atoms. The molecular weight excluding hydrogens is 232 g/mol. The summed E-state index contributed by atoms with van der Waals surface area (Å²) in [5.41, 5.74) is 0. The molecule has 1 aliphatic rings. The maximum atomic E-state index is 11.8. The molecule has 1 unspecified atom stereocenters. The Labute approximate surface area is 106 Å². The van der Waals surface area contributed by atoms with Crippen LogP contribution < -0.4 is 10.2 Å². The highest BCUT2D eigenvalue weighted by Crippen LogP contribution is 2.12. The number of amides is 1. The molecule has 1 atom stereocenters. The van der Waals surface area contributed by atoms with Crippen molar-refractivity contribution in [2.24, 2.45) is 5.92 Å². The smallest absolute Gasteiger partial charge is 0.225 e. The van der Waals surface area contributed by atoms with Gasteiger partial charge in [-0.25, -0.2) is 9.97 Å². The van der Waals surface area contributed by atoms with Gasteiger partial charge in [0.15, 0.2) is 0 Å². The summed E-state index contributed by atoms with van der Waals surface area (Å²) in [7, 11) is 3.83. The Morgan fingerprint density at radius 2 is 2.44 bits per heavy atom. The number of hydrogen-bond donors (Lipinski definition) is 1. The molecule has 1 saturated heterocycles. The fraction of sp³-hybridized carbons (Fsp3) is 0.583. The average molecular weight is 250 g/mol. The van der Waals surface area contributed by atoms with Crippen molar-refractivity contribution in [3.8, 4) is 0 Å². The van der Waals surface area contributed by atoms with Gasteiger partial charge in [-0.05, 0) is 12.5 Å². The van der Waals surface area contributed by atoms with Crippen LogP contribution in [0.4, 0.5) is 5.82 Å². The Balaban J connectivity index is 1.89. The lowest BCUT2D eigenvalue weighted by atomic mass is 10.1. The monoisotopic (exact) mass is 250 g/mol. The third-order valence-electron chi connectivity index (χ3n) is 2.87. The van der Waals surface area contributed by atoms with Gasteiger partial charge in [-0.3, -0.25) is 4.79 Å². The second kappa shape index (κ2) is 5.77. The molecule has 1 fully saturated rings. The fourth-order valence-electron chi connectivity index (χ4n) is 1.77. The first-order valence-electron chi connectivity index (χ1n) is 6.01. The molecule has 2 rings (SSSR count). The molecule has 0 bridgehead atoms. The van der Waals surface area contributed by atoms with Crippen LogP contribution in [-0.2, 0) is 16.1 Å². The lowest BCUT2D eigenvalue weighted by Crippen LogP contribution is -2.31. The van der Waals surface area contributed by atoms with Crippen LogP contribution in [0, 0.1) is 5.92 Å². The number of rotatable bonds is 4. The van der Waals surface area contributed by atoms with E-state index in [0.29, 0.717) is 25.6 Å².